The molecular formula is C13H26N2OS. The normalized spacial score (nSPS) is 34.8. The maximum atomic E-state index is 6.14. The molecule has 0 radical (unpaired) electrons. The van der Waals surface area contributed by atoms with Gasteiger partial charge in [-0.15, -0.1) is 0 Å². The Morgan fingerprint density at radius 3 is 2.71 bits per heavy atom. The van der Waals surface area contributed by atoms with Crippen LogP contribution < -0.4 is 5.73 Å². The maximum absolute atomic E-state index is 6.14. The zero-order valence-electron chi connectivity index (χ0n) is 11.2. The van der Waals surface area contributed by atoms with Gasteiger partial charge in [0, 0.05) is 24.7 Å². The molecule has 2 atom stereocenters. The van der Waals surface area contributed by atoms with Gasteiger partial charge in [-0.1, -0.05) is 6.92 Å². The predicted octanol–water partition coefficient (Wildman–Crippen LogP) is 1.71. The van der Waals surface area contributed by atoms with E-state index in [1.807, 2.05) is 0 Å². The van der Waals surface area contributed by atoms with Crippen LogP contribution in [0.4, 0.5) is 0 Å². The van der Waals surface area contributed by atoms with Crippen LogP contribution in [0.3, 0.4) is 0 Å². The Balaban J connectivity index is 2.14. The lowest BCUT2D eigenvalue weighted by atomic mass is 9.87. The first-order chi connectivity index (χ1) is 8.22. The zero-order chi connectivity index (χ0) is 12.3. The summed E-state index contributed by atoms with van der Waals surface area (Å²) in [6.07, 6.45) is 4.02. The second kappa shape index (κ2) is 5.91. The van der Waals surface area contributed by atoms with E-state index in [0.717, 1.165) is 19.7 Å². The fourth-order valence-corrected chi connectivity index (χ4v) is 4.38. The molecule has 0 aromatic rings. The van der Waals surface area contributed by atoms with E-state index in [9.17, 15) is 0 Å². The standard InChI is InChI=1S/C13H26N2OS/c1-3-12-9-16-11(2)8-15(12)13(10-14)4-6-17-7-5-13/h11-12H,3-10,14H2,1-2H3. The third-order valence-corrected chi connectivity index (χ3v) is 5.34. The minimum Gasteiger partial charge on any atom is -0.376 e. The molecule has 17 heavy (non-hydrogen) atoms. The molecule has 0 amide bonds. The smallest absolute Gasteiger partial charge is 0.0675 e. The van der Waals surface area contributed by atoms with E-state index in [0.29, 0.717) is 12.1 Å². The van der Waals surface area contributed by atoms with Crippen molar-refractivity contribution in [2.24, 2.45) is 5.73 Å². The Bertz CT molecular complexity index is 244. The lowest BCUT2D eigenvalue weighted by Crippen LogP contribution is -2.64. The van der Waals surface area contributed by atoms with Crippen molar-refractivity contribution in [3.05, 3.63) is 0 Å². The maximum Gasteiger partial charge on any atom is 0.0675 e. The molecule has 2 unspecified atom stereocenters. The molecule has 2 rings (SSSR count). The second-order valence-electron chi connectivity index (χ2n) is 5.40. The number of hydrogen-bond acceptors (Lipinski definition) is 4. The van der Waals surface area contributed by atoms with Crippen molar-refractivity contribution < 1.29 is 4.74 Å². The SMILES string of the molecule is CCC1COC(C)CN1C1(CN)CCSCC1. The van der Waals surface area contributed by atoms with Gasteiger partial charge in [0.05, 0.1) is 12.7 Å². The molecule has 3 nitrogen and oxygen atoms in total. The van der Waals surface area contributed by atoms with E-state index in [2.05, 4.69) is 30.5 Å². The molecule has 0 aromatic heterocycles. The Morgan fingerprint density at radius 1 is 1.41 bits per heavy atom. The van der Waals surface area contributed by atoms with Gasteiger partial charge in [-0.3, -0.25) is 4.90 Å². The molecule has 2 heterocycles. The van der Waals surface area contributed by atoms with E-state index in [-0.39, 0.29) is 5.54 Å². The van der Waals surface area contributed by atoms with Gasteiger partial charge in [0.2, 0.25) is 0 Å². The van der Waals surface area contributed by atoms with E-state index in [4.69, 9.17) is 10.5 Å². The number of rotatable bonds is 3. The van der Waals surface area contributed by atoms with Gasteiger partial charge in [0.15, 0.2) is 0 Å². The summed E-state index contributed by atoms with van der Waals surface area (Å²) >= 11 is 2.07. The molecule has 0 saturated carbocycles. The van der Waals surface area contributed by atoms with Gasteiger partial charge < -0.3 is 10.5 Å². The average molecular weight is 258 g/mol. The summed E-state index contributed by atoms with van der Waals surface area (Å²) in [5.74, 6) is 2.53. The molecule has 2 aliphatic heterocycles. The fraction of sp³-hybridized carbons (Fsp3) is 1.00. The van der Waals surface area contributed by atoms with Crippen molar-refractivity contribution in [2.45, 2.75) is 50.8 Å². The van der Waals surface area contributed by atoms with E-state index in [1.54, 1.807) is 0 Å². The lowest BCUT2D eigenvalue weighted by Gasteiger charge is -2.52. The van der Waals surface area contributed by atoms with Crippen LogP contribution in [0.5, 0.6) is 0 Å². The third-order valence-electron chi connectivity index (χ3n) is 4.35. The van der Waals surface area contributed by atoms with Gasteiger partial charge in [-0.05, 0) is 37.7 Å². The molecule has 2 saturated heterocycles. The topological polar surface area (TPSA) is 38.5 Å². The molecule has 2 N–H and O–H groups in total. The Morgan fingerprint density at radius 2 is 2.12 bits per heavy atom. The highest BCUT2D eigenvalue weighted by Gasteiger charge is 2.42. The van der Waals surface area contributed by atoms with Crippen LogP contribution in [0.1, 0.15) is 33.1 Å². The first-order valence-corrected chi connectivity index (χ1v) is 8.03. The number of hydrogen-bond donors (Lipinski definition) is 1. The molecular weight excluding hydrogens is 232 g/mol. The quantitative estimate of drug-likeness (QED) is 0.836. The number of ether oxygens (including phenoxy) is 1. The number of thioether (sulfide) groups is 1. The van der Waals surface area contributed by atoms with Crippen molar-refractivity contribution >= 4 is 11.8 Å². The second-order valence-corrected chi connectivity index (χ2v) is 6.62. The Kier molecular flexibility index (Phi) is 4.75. The summed E-state index contributed by atoms with van der Waals surface area (Å²) in [5.41, 5.74) is 6.39. The van der Waals surface area contributed by atoms with Crippen LogP contribution >= 0.6 is 11.8 Å². The molecule has 0 aliphatic carbocycles. The minimum atomic E-state index is 0.254. The van der Waals surface area contributed by atoms with Crippen LogP contribution in [0.15, 0.2) is 0 Å². The van der Waals surface area contributed by atoms with Crippen molar-refractivity contribution in [2.75, 3.05) is 31.2 Å². The van der Waals surface area contributed by atoms with Crippen LogP contribution in [0, 0.1) is 0 Å². The first-order valence-electron chi connectivity index (χ1n) is 6.88. The summed E-state index contributed by atoms with van der Waals surface area (Å²) in [6.45, 7) is 7.18. The van der Waals surface area contributed by atoms with Crippen molar-refractivity contribution in [1.82, 2.24) is 4.90 Å². The molecule has 0 spiro atoms. The van der Waals surface area contributed by atoms with Crippen LogP contribution in [0.2, 0.25) is 0 Å². The summed E-state index contributed by atoms with van der Waals surface area (Å²) in [4.78, 5) is 2.68. The molecule has 0 aromatic carbocycles. The molecule has 4 heteroatoms. The van der Waals surface area contributed by atoms with Crippen molar-refractivity contribution in [1.29, 1.82) is 0 Å². The van der Waals surface area contributed by atoms with Crippen LogP contribution in [0.25, 0.3) is 0 Å². The minimum absolute atomic E-state index is 0.254. The number of morpholine rings is 1. The largest absolute Gasteiger partial charge is 0.376 e. The van der Waals surface area contributed by atoms with E-state index >= 15 is 0 Å². The summed E-state index contributed by atoms with van der Waals surface area (Å²) < 4.78 is 5.80. The Hall–Kier alpha value is 0.230. The van der Waals surface area contributed by atoms with E-state index in [1.165, 1.54) is 30.8 Å². The molecule has 100 valence electrons. The zero-order valence-corrected chi connectivity index (χ0v) is 12.0. The highest BCUT2D eigenvalue weighted by atomic mass is 32.2. The van der Waals surface area contributed by atoms with Crippen molar-refractivity contribution in [3.8, 4) is 0 Å². The summed E-state index contributed by atoms with van der Waals surface area (Å²) in [7, 11) is 0. The van der Waals surface area contributed by atoms with Gasteiger partial charge in [0.25, 0.3) is 0 Å². The number of nitrogens with two attached hydrogens (primary N) is 1. The predicted molar refractivity (Wildman–Crippen MR) is 74.5 cm³/mol. The fourth-order valence-electron chi connectivity index (χ4n) is 3.12. The van der Waals surface area contributed by atoms with Gasteiger partial charge in [-0.2, -0.15) is 11.8 Å². The van der Waals surface area contributed by atoms with Crippen molar-refractivity contribution in [3.63, 3.8) is 0 Å². The van der Waals surface area contributed by atoms with Crippen LogP contribution in [-0.4, -0.2) is 53.8 Å². The molecule has 0 bridgehead atoms. The Labute approximate surface area is 109 Å². The van der Waals surface area contributed by atoms with Gasteiger partial charge in [0.1, 0.15) is 0 Å². The van der Waals surface area contributed by atoms with Gasteiger partial charge in [-0.25, -0.2) is 0 Å². The average Bonchev–Trinajstić information content (AvgIpc) is 2.39. The highest BCUT2D eigenvalue weighted by molar-refractivity contribution is 7.99. The highest BCUT2D eigenvalue weighted by Crippen LogP contribution is 2.35. The van der Waals surface area contributed by atoms with Gasteiger partial charge >= 0.3 is 0 Å². The monoisotopic (exact) mass is 258 g/mol. The van der Waals surface area contributed by atoms with E-state index < -0.39 is 0 Å². The lowest BCUT2D eigenvalue weighted by molar-refractivity contribution is -0.101. The first kappa shape index (κ1) is 13.7. The summed E-state index contributed by atoms with van der Waals surface area (Å²) in [5, 5.41) is 0. The van der Waals surface area contributed by atoms with Crippen LogP contribution in [-0.2, 0) is 4.74 Å². The molecule has 2 aliphatic rings. The third kappa shape index (κ3) is 2.80. The molecule has 2 fully saturated rings. The summed E-state index contributed by atoms with van der Waals surface area (Å²) in [6, 6.07) is 0.567. The number of nitrogens with zero attached hydrogens (tertiary/aromatic N) is 1.